The van der Waals surface area contributed by atoms with Crippen molar-refractivity contribution in [1.82, 2.24) is 14.8 Å². The van der Waals surface area contributed by atoms with Crippen molar-refractivity contribution in [1.29, 1.82) is 0 Å². The van der Waals surface area contributed by atoms with Crippen LogP contribution in [0.3, 0.4) is 0 Å². The summed E-state index contributed by atoms with van der Waals surface area (Å²) in [5, 5.41) is 12.7. The molecule has 2 aliphatic heterocycles. The zero-order valence-electron chi connectivity index (χ0n) is 17.0. The van der Waals surface area contributed by atoms with Crippen molar-refractivity contribution in [2.75, 3.05) is 20.2 Å². The van der Waals surface area contributed by atoms with E-state index in [1.807, 2.05) is 0 Å². The summed E-state index contributed by atoms with van der Waals surface area (Å²) in [5.41, 5.74) is -2.41. The lowest BCUT2D eigenvalue weighted by molar-refractivity contribution is 0.0352. The Morgan fingerprint density at radius 2 is 1.94 bits per heavy atom. The van der Waals surface area contributed by atoms with Gasteiger partial charge in [-0.25, -0.2) is 13.2 Å². The maximum Gasteiger partial charge on any atom is 0.274 e. The first-order chi connectivity index (χ1) is 15.2. The van der Waals surface area contributed by atoms with Crippen LogP contribution in [0, 0.1) is 17.5 Å². The Morgan fingerprint density at radius 1 is 1.25 bits per heavy atom. The van der Waals surface area contributed by atoms with Gasteiger partial charge in [0.2, 0.25) is 5.43 Å². The van der Waals surface area contributed by atoms with Crippen LogP contribution in [0.5, 0.6) is 5.75 Å². The van der Waals surface area contributed by atoms with Crippen LogP contribution in [0.2, 0.25) is 0 Å². The molecule has 1 aromatic carbocycles. The molecule has 170 valence electrons. The molecule has 0 saturated carbocycles. The van der Waals surface area contributed by atoms with Crippen molar-refractivity contribution >= 4 is 11.8 Å². The lowest BCUT2D eigenvalue weighted by atomic mass is 10.0. The number of benzene rings is 1. The molecule has 2 aromatic rings. The molecule has 2 aliphatic rings. The van der Waals surface area contributed by atoms with Gasteiger partial charge in [0.25, 0.3) is 11.8 Å². The van der Waals surface area contributed by atoms with Crippen LogP contribution < -0.4 is 10.7 Å². The van der Waals surface area contributed by atoms with Crippen molar-refractivity contribution in [3.05, 3.63) is 62.8 Å². The predicted molar refractivity (Wildman–Crippen MR) is 105 cm³/mol. The average molecular weight is 451 g/mol. The minimum atomic E-state index is -1.19. The summed E-state index contributed by atoms with van der Waals surface area (Å²) in [6.07, 6.45) is 2.12. The van der Waals surface area contributed by atoms with E-state index in [2.05, 4.69) is 5.32 Å². The van der Waals surface area contributed by atoms with Crippen LogP contribution in [-0.4, -0.2) is 52.7 Å². The Labute approximate surface area is 180 Å². The lowest BCUT2D eigenvalue weighted by Gasteiger charge is -2.36. The van der Waals surface area contributed by atoms with Gasteiger partial charge in [-0.2, -0.15) is 0 Å². The van der Waals surface area contributed by atoms with Crippen molar-refractivity contribution in [3.8, 4) is 5.75 Å². The van der Waals surface area contributed by atoms with Crippen LogP contribution in [0.25, 0.3) is 0 Å². The molecule has 4 rings (SSSR count). The molecule has 1 saturated heterocycles. The number of amides is 2. The minimum absolute atomic E-state index is 0.234. The summed E-state index contributed by atoms with van der Waals surface area (Å²) in [4.78, 5) is 39.6. The van der Waals surface area contributed by atoms with Crippen LogP contribution in [0.1, 0.15) is 45.3 Å². The quantitative estimate of drug-likeness (QED) is 0.737. The van der Waals surface area contributed by atoms with Gasteiger partial charge in [-0.3, -0.25) is 14.4 Å². The number of pyridine rings is 1. The number of carbonyl (C=O) groups is 2. The van der Waals surface area contributed by atoms with Crippen LogP contribution in [-0.2, 0) is 11.3 Å². The van der Waals surface area contributed by atoms with Gasteiger partial charge < -0.3 is 24.6 Å². The fourth-order valence-electron chi connectivity index (χ4n) is 4.25. The number of aromatic hydroxyl groups is 1. The number of carbonyl (C=O) groups excluding carboxylic acids is 2. The van der Waals surface area contributed by atoms with Crippen molar-refractivity contribution in [2.45, 2.75) is 31.5 Å². The maximum absolute atomic E-state index is 13.8. The first kappa shape index (κ1) is 21.9. The second-order valence-electron chi connectivity index (χ2n) is 7.74. The van der Waals surface area contributed by atoms with E-state index in [1.165, 1.54) is 16.6 Å². The second kappa shape index (κ2) is 8.30. The fourth-order valence-corrected chi connectivity index (χ4v) is 4.25. The number of methoxy groups -OCH3 is 1. The Hall–Kier alpha value is -3.34. The fraction of sp³-hybridized carbons (Fsp3) is 0.381. The largest absolute Gasteiger partial charge is 0.503 e. The Bertz CT molecular complexity index is 1140. The minimum Gasteiger partial charge on any atom is -0.503 e. The number of ether oxygens (including phenoxy) is 1. The zero-order valence-corrected chi connectivity index (χ0v) is 17.0. The van der Waals surface area contributed by atoms with Gasteiger partial charge in [0.05, 0.1) is 12.1 Å². The monoisotopic (exact) mass is 451 g/mol. The van der Waals surface area contributed by atoms with E-state index in [1.54, 1.807) is 0 Å². The predicted octanol–water partition coefficient (Wildman–Crippen LogP) is 1.71. The summed E-state index contributed by atoms with van der Waals surface area (Å²) in [6.45, 7) is 0.0646. The van der Waals surface area contributed by atoms with E-state index < -0.39 is 64.2 Å². The Kier molecular flexibility index (Phi) is 5.68. The standard InChI is InChI=1S/C21H20F3N3O5/c1-32-16-3-2-4-26-9-15(16)27-8-12(18(28)19(29)17(27)21(26)31)20(30)25-7-11-13(23)5-10(22)6-14(11)24/h5-6,8,15-16,29H,2-4,7,9H2,1H3,(H,25,30)/t15-,16?/m1/s1. The molecule has 2 N–H and O–H groups in total. The summed E-state index contributed by atoms with van der Waals surface area (Å²) < 4.78 is 47.7. The molecule has 3 heterocycles. The third-order valence-corrected chi connectivity index (χ3v) is 5.89. The Balaban J connectivity index is 1.70. The third-order valence-electron chi connectivity index (χ3n) is 5.89. The molecule has 1 aromatic heterocycles. The molecule has 2 atom stereocenters. The molecule has 0 spiro atoms. The number of fused-ring (bicyclic) bond motifs is 4. The second-order valence-corrected chi connectivity index (χ2v) is 7.74. The van der Waals surface area contributed by atoms with Gasteiger partial charge in [-0.05, 0) is 12.8 Å². The maximum atomic E-state index is 13.8. The van der Waals surface area contributed by atoms with Crippen LogP contribution in [0.4, 0.5) is 13.2 Å². The number of hydrogen-bond donors (Lipinski definition) is 2. The highest BCUT2D eigenvalue weighted by molar-refractivity contribution is 5.99. The average Bonchev–Trinajstić information content (AvgIpc) is 2.93. The number of aromatic nitrogens is 1. The summed E-state index contributed by atoms with van der Waals surface area (Å²) in [7, 11) is 1.51. The molecule has 2 bridgehead atoms. The van der Waals surface area contributed by atoms with Gasteiger partial charge in [-0.15, -0.1) is 0 Å². The topological polar surface area (TPSA) is 101 Å². The Morgan fingerprint density at radius 3 is 2.59 bits per heavy atom. The summed E-state index contributed by atoms with van der Waals surface area (Å²) in [6, 6.07) is 0.497. The van der Waals surface area contributed by atoms with E-state index in [0.29, 0.717) is 31.5 Å². The molecule has 11 heteroatoms. The normalized spacial score (nSPS) is 20.0. The number of halogens is 3. The first-order valence-corrected chi connectivity index (χ1v) is 9.94. The van der Waals surface area contributed by atoms with Gasteiger partial charge in [0, 0.05) is 50.6 Å². The van der Waals surface area contributed by atoms with Gasteiger partial charge in [0.1, 0.15) is 23.0 Å². The first-order valence-electron chi connectivity index (χ1n) is 9.94. The number of rotatable bonds is 4. The zero-order chi connectivity index (χ0) is 23.2. The molecule has 8 nitrogen and oxygen atoms in total. The van der Waals surface area contributed by atoms with E-state index >= 15 is 0 Å². The molecular formula is C21H20F3N3O5. The highest BCUT2D eigenvalue weighted by atomic mass is 19.1. The lowest BCUT2D eigenvalue weighted by Crippen LogP contribution is -2.47. The molecule has 2 amide bonds. The smallest absolute Gasteiger partial charge is 0.274 e. The van der Waals surface area contributed by atoms with Crippen LogP contribution in [0.15, 0.2) is 23.1 Å². The summed E-state index contributed by atoms with van der Waals surface area (Å²) >= 11 is 0. The number of nitrogens with one attached hydrogen (secondary N) is 1. The van der Waals surface area contributed by atoms with Crippen molar-refractivity contribution in [2.24, 2.45) is 0 Å². The molecule has 0 radical (unpaired) electrons. The molecular weight excluding hydrogens is 431 g/mol. The highest BCUT2D eigenvalue weighted by Crippen LogP contribution is 2.33. The van der Waals surface area contributed by atoms with Crippen molar-refractivity contribution < 1.29 is 32.6 Å². The van der Waals surface area contributed by atoms with Gasteiger partial charge in [-0.1, -0.05) is 0 Å². The van der Waals surface area contributed by atoms with Crippen molar-refractivity contribution in [3.63, 3.8) is 0 Å². The number of hydrogen-bond acceptors (Lipinski definition) is 5. The summed E-state index contributed by atoms with van der Waals surface area (Å²) in [5.74, 6) is -5.92. The van der Waals surface area contributed by atoms with E-state index in [9.17, 15) is 32.7 Å². The van der Waals surface area contributed by atoms with Crippen LogP contribution >= 0.6 is 0 Å². The molecule has 0 aliphatic carbocycles. The van der Waals surface area contributed by atoms with E-state index in [0.717, 1.165) is 6.20 Å². The van der Waals surface area contributed by atoms with E-state index in [4.69, 9.17) is 4.74 Å². The SMILES string of the molecule is COC1CCCN2C[C@H]1n1cc(C(=O)NCc3c(F)cc(F)cc3F)c(=O)c(O)c1C2=O. The van der Waals surface area contributed by atoms with Gasteiger partial charge >= 0.3 is 0 Å². The number of nitrogens with zero attached hydrogens (tertiary/aromatic N) is 2. The molecule has 32 heavy (non-hydrogen) atoms. The van der Waals surface area contributed by atoms with E-state index in [-0.39, 0.29) is 18.3 Å². The molecule has 1 unspecified atom stereocenters. The third kappa shape index (κ3) is 3.62. The highest BCUT2D eigenvalue weighted by Gasteiger charge is 2.40. The molecule has 1 fully saturated rings. The van der Waals surface area contributed by atoms with Gasteiger partial charge in [0.15, 0.2) is 11.4 Å².